The van der Waals surface area contributed by atoms with Gasteiger partial charge in [0.15, 0.2) is 6.61 Å². The number of carbonyl (C=O) groups excluding carboxylic acids is 2. The van der Waals surface area contributed by atoms with Crippen LogP contribution in [-0.2, 0) is 9.53 Å². The van der Waals surface area contributed by atoms with Crippen LogP contribution in [-0.4, -0.2) is 18.5 Å². The highest BCUT2D eigenvalue weighted by Gasteiger charge is 2.12. The summed E-state index contributed by atoms with van der Waals surface area (Å²) in [5.74, 6) is -3.07. The lowest BCUT2D eigenvalue weighted by Crippen LogP contribution is -2.21. The smallest absolute Gasteiger partial charge is 0.338 e. The zero-order chi connectivity index (χ0) is 16.1. The maximum atomic E-state index is 13.3. The Hall–Kier alpha value is -2.28. The van der Waals surface area contributed by atoms with Gasteiger partial charge in [-0.2, -0.15) is 0 Å². The second kappa shape index (κ2) is 7.13. The third-order valence-electron chi connectivity index (χ3n) is 2.62. The molecule has 0 spiro atoms. The minimum Gasteiger partial charge on any atom is -0.452 e. The van der Waals surface area contributed by atoms with Crippen LogP contribution in [0.2, 0.25) is 0 Å². The van der Waals surface area contributed by atoms with E-state index in [0.29, 0.717) is 6.07 Å². The van der Waals surface area contributed by atoms with Crippen LogP contribution in [0.4, 0.5) is 14.5 Å². The minimum absolute atomic E-state index is 0.189. The van der Waals surface area contributed by atoms with Crippen LogP contribution in [0, 0.1) is 11.6 Å². The molecule has 0 fully saturated rings. The average molecular weight is 370 g/mol. The summed E-state index contributed by atoms with van der Waals surface area (Å²) in [6, 6.07) is 9.11. The Balaban J connectivity index is 1.89. The van der Waals surface area contributed by atoms with E-state index in [1.807, 2.05) is 0 Å². The van der Waals surface area contributed by atoms with Crippen molar-refractivity contribution in [3.63, 3.8) is 0 Å². The third kappa shape index (κ3) is 4.36. The molecule has 22 heavy (non-hydrogen) atoms. The van der Waals surface area contributed by atoms with Gasteiger partial charge in [0.05, 0.1) is 11.3 Å². The molecule has 0 aliphatic carbocycles. The Kier molecular flexibility index (Phi) is 5.21. The number of esters is 1. The van der Waals surface area contributed by atoms with E-state index >= 15 is 0 Å². The number of carbonyl (C=O) groups is 2. The number of benzene rings is 2. The molecule has 0 unspecified atom stereocenters. The van der Waals surface area contributed by atoms with Crippen molar-refractivity contribution < 1.29 is 23.1 Å². The van der Waals surface area contributed by atoms with E-state index in [2.05, 4.69) is 21.2 Å². The molecule has 1 amide bonds. The number of hydrogen-bond acceptors (Lipinski definition) is 3. The van der Waals surface area contributed by atoms with E-state index in [1.165, 1.54) is 12.1 Å². The Morgan fingerprint density at radius 1 is 1.09 bits per heavy atom. The number of halogens is 3. The van der Waals surface area contributed by atoms with Gasteiger partial charge in [-0.05, 0) is 36.4 Å². The summed E-state index contributed by atoms with van der Waals surface area (Å²) in [6.07, 6.45) is 0. The summed E-state index contributed by atoms with van der Waals surface area (Å²) in [5.41, 5.74) is 0.0926. The number of anilines is 1. The molecule has 2 rings (SSSR count). The molecule has 1 N–H and O–H groups in total. The molecule has 0 heterocycles. The van der Waals surface area contributed by atoms with E-state index in [0.717, 1.165) is 16.6 Å². The lowest BCUT2D eigenvalue weighted by Gasteiger charge is -2.07. The number of nitrogens with one attached hydrogen (secondary N) is 1. The molecule has 114 valence electrons. The molecular formula is C15H10BrF2NO3. The van der Waals surface area contributed by atoms with Gasteiger partial charge in [-0.3, -0.25) is 4.79 Å². The van der Waals surface area contributed by atoms with Gasteiger partial charge < -0.3 is 10.1 Å². The van der Waals surface area contributed by atoms with Gasteiger partial charge in [-0.25, -0.2) is 13.6 Å². The molecule has 2 aromatic carbocycles. The van der Waals surface area contributed by atoms with E-state index in [4.69, 9.17) is 4.74 Å². The second-order valence-electron chi connectivity index (χ2n) is 4.26. The molecule has 0 aliphatic heterocycles. The Labute approximate surface area is 133 Å². The van der Waals surface area contributed by atoms with Crippen molar-refractivity contribution >= 4 is 33.5 Å². The highest BCUT2D eigenvalue weighted by Crippen LogP contribution is 2.15. The highest BCUT2D eigenvalue weighted by atomic mass is 79.9. The van der Waals surface area contributed by atoms with E-state index in [-0.39, 0.29) is 11.3 Å². The van der Waals surface area contributed by atoms with Gasteiger partial charge in [-0.15, -0.1) is 0 Å². The van der Waals surface area contributed by atoms with E-state index in [9.17, 15) is 18.4 Å². The molecular weight excluding hydrogens is 360 g/mol. The Bertz CT molecular complexity index is 704. The van der Waals surface area contributed by atoms with Crippen molar-refractivity contribution in [3.05, 3.63) is 64.1 Å². The lowest BCUT2D eigenvalue weighted by atomic mass is 10.2. The fraction of sp³-hybridized carbons (Fsp3) is 0.0667. The topological polar surface area (TPSA) is 55.4 Å². The van der Waals surface area contributed by atoms with Crippen molar-refractivity contribution in [2.24, 2.45) is 0 Å². The van der Waals surface area contributed by atoms with Gasteiger partial charge in [0.2, 0.25) is 0 Å². The standard InChI is InChI=1S/C15H10BrF2NO3/c16-10-3-1-9(2-4-10)15(21)22-8-14(20)19-13-6-5-11(17)7-12(13)18/h1-7H,8H2,(H,19,20). The number of ether oxygens (including phenoxy) is 1. The van der Waals surface area contributed by atoms with Crippen LogP contribution in [0.15, 0.2) is 46.9 Å². The zero-order valence-corrected chi connectivity index (χ0v) is 12.7. The Morgan fingerprint density at radius 3 is 2.41 bits per heavy atom. The summed E-state index contributed by atoms with van der Waals surface area (Å²) in [7, 11) is 0. The molecule has 0 radical (unpaired) electrons. The van der Waals surface area contributed by atoms with Crippen molar-refractivity contribution in [2.45, 2.75) is 0 Å². The summed E-state index contributed by atoms with van der Waals surface area (Å²) in [5, 5.41) is 2.19. The van der Waals surface area contributed by atoms with Crippen LogP contribution in [0.1, 0.15) is 10.4 Å². The third-order valence-corrected chi connectivity index (χ3v) is 3.15. The van der Waals surface area contributed by atoms with Crippen LogP contribution in [0.3, 0.4) is 0 Å². The number of hydrogen-bond donors (Lipinski definition) is 1. The van der Waals surface area contributed by atoms with Crippen molar-refractivity contribution in [1.82, 2.24) is 0 Å². The zero-order valence-electron chi connectivity index (χ0n) is 11.1. The van der Waals surface area contributed by atoms with Gasteiger partial charge in [0.1, 0.15) is 11.6 Å². The molecule has 0 atom stereocenters. The van der Waals surface area contributed by atoms with Crippen molar-refractivity contribution in [3.8, 4) is 0 Å². The first-order valence-corrected chi connectivity index (χ1v) is 6.92. The molecule has 7 heteroatoms. The molecule has 4 nitrogen and oxygen atoms in total. The van der Waals surface area contributed by atoms with E-state index in [1.54, 1.807) is 12.1 Å². The lowest BCUT2D eigenvalue weighted by molar-refractivity contribution is -0.119. The molecule has 0 saturated carbocycles. The molecule has 0 aromatic heterocycles. The van der Waals surface area contributed by atoms with Crippen LogP contribution in [0.5, 0.6) is 0 Å². The summed E-state index contributed by atoms with van der Waals surface area (Å²) >= 11 is 3.23. The summed E-state index contributed by atoms with van der Waals surface area (Å²) < 4.78 is 31.7. The fourth-order valence-electron chi connectivity index (χ4n) is 1.58. The van der Waals surface area contributed by atoms with Gasteiger partial charge in [0.25, 0.3) is 5.91 Å². The van der Waals surface area contributed by atoms with E-state index < -0.39 is 30.1 Å². The first-order chi connectivity index (χ1) is 10.5. The highest BCUT2D eigenvalue weighted by molar-refractivity contribution is 9.10. The number of amides is 1. The van der Waals surface area contributed by atoms with Crippen LogP contribution < -0.4 is 5.32 Å². The summed E-state index contributed by atoms with van der Waals surface area (Å²) in [4.78, 5) is 23.3. The molecule has 0 saturated heterocycles. The first kappa shape index (κ1) is 16.1. The van der Waals surface area contributed by atoms with Gasteiger partial charge >= 0.3 is 5.97 Å². The number of rotatable bonds is 4. The molecule has 0 aliphatic rings. The minimum atomic E-state index is -0.910. The predicted octanol–water partition coefficient (Wildman–Crippen LogP) is 3.52. The molecule has 0 bridgehead atoms. The molecule has 2 aromatic rings. The largest absolute Gasteiger partial charge is 0.452 e. The normalized spacial score (nSPS) is 10.1. The van der Waals surface area contributed by atoms with Crippen LogP contribution in [0.25, 0.3) is 0 Å². The SMILES string of the molecule is O=C(COC(=O)c1ccc(Br)cc1)Nc1ccc(F)cc1F. The summed E-state index contributed by atoms with van der Waals surface area (Å²) in [6.45, 7) is -0.578. The van der Waals surface area contributed by atoms with Crippen molar-refractivity contribution in [2.75, 3.05) is 11.9 Å². The van der Waals surface area contributed by atoms with Crippen LogP contribution >= 0.6 is 15.9 Å². The first-order valence-electron chi connectivity index (χ1n) is 6.13. The maximum absolute atomic E-state index is 13.3. The average Bonchev–Trinajstić information content (AvgIpc) is 2.48. The second-order valence-corrected chi connectivity index (χ2v) is 5.17. The quantitative estimate of drug-likeness (QED) is 0.838. The van der Waals surface area contributed by atoms with Crippen molar-refractivity contribution in [1.29, 1.82) is 0 Å². The maximum Gasteiger partial charge on any atom is 0.338 e. The van der Waals surface area contributed by atoms with Gasteiger partial charge in [0, 0.05) is 10.5 Å². The monoisotopic (exact) mass is 369 g/mol. The fourth-order valence-corrected chi connectivity index (χ4v) is 1.84. The van der Waals surface area contributed by atoms with Gasteiger partial charge in [-0.1, -0.05) is 15.9 Å². The predicted molar refractivity (Wildman–Crippen MR) is 79.4 cm³/mol. The Morgan fingerprint density at radius 2 is 1.77 bits per heavy atom.